The zero-order chi connectivity index (χ0) is 26.4. The van der Waals surface area contributed by atoms with Crippen molar-refractivity contribution in [2.45, 2.75) is 43.9 Å². The van der Waals surface area contributed by atoms with Crippen molar-refractivity contribution in [3.8, 4) is 11.3 Å². The zero-order valence-electron chi connectivity index (χ0n) is 19.5. The summed E-state index contributed by atoms with van der Waals surface area (Å²) in [5, 5.41) is 3.65. The Balaban J connectivity index is 1.53. The monoisotopic (exact) mass is 524 g/mol. The van der Waals surface area contributed by atoms with E-state index in [1.807, 2.05) is 0 Å². The number of hydrogen-bond acceptors (Lipinski definition) is 6. The molecule has 2 N–H and O–H groups in total. The molecule has 0 spiro atoms. The fourth-order valence-electron chi connectivity index (χ4n) is 4.66. The molecule has 5 heterocycles. The zero-order valence-corrected chi connectivity index (χ0v) is 19.5. The number of alkyl halides is 6. The largest absolute Gasteiger partial charge is 0.451 e. The van der Waals surface area contributed by atoms with Crippen molar-refractivity contribution >= 4 is 16.6 Å². The van der Waals surface area contributed by atoms with Gasteiger partial charge in [-0.15, -0.1) is 0 Å². The van der Waals surface area contributed by atoms with E-state index in [1.165, 1.54) is 12.0 Å². The van der Waals surface area contributed by atoms with E-state index >= 15 is 0 Å². The van der Waals surface area contributed by atoms with E-state index in [-0.39, 0.29) is 13.0 Å². The van der Waals surface area contributed by atoms with Gasteiger partial charge < -0.3 is 19.9 Å². The Morgan fingerprint density at radius 3 is 2.49 bits per heavy atom. The number of pyridine rings is 1. The lowest BCUT2D eigenvalue weighted by Gasteiger charge is -2.41. The van der Waals surface area contributed by atoms with Crippen LogP contribution >= 0.6 is 0 Å². The van der Waals surface area contributed by atoms with Gasteiger partial charge in [0.15, 0.2) is 0 Å². The Kier molecular flexibility index (Phi) is 6.34. The second kappa shape index (κ2) is 9.36. The van der Waals surface area contributed by atoms with E-state index < -0.39 is 30.4 Å². The van der Waals surface area contributed by atoms with E-state index in [0.29, 0.717) is 52.1 Å². The third-order valence-electron chi connectivity index (χ3n) is 6.42. The first-order valence-electron chi connectivity index (χ1n) is 11.5. The third-order valence-corrected chi connectivity index (χ3v) is 6.42. The van der Waals surface area contributed by atoms with Crippen LogP contribution in [0.5, 0.6) is 0 Å². The fraction of sp³-hybridized carbons (Fsp3) is 0.375. The van der Waals surface area contributed by atoms with Crippen molar-refractivity contribution in [3.63, 3.8) is 0 Å². The summed E-state index contributed by atoms with van der Waals surface area (Å²) in [6.45, 7) is 0.251. The average molecular weight is 524 g/mol. The Hall–Kier alpha value is -3.61. The standard InChI is InChI=1S/C24H22F6N6O/c1-37-20-9-13(8-19(35-20)36-7-3-2-4-18(36)23(25,26)27)15-5-6-31-21-16(15)10-17(34-21)14-11-32-22(33-12-14)24(28,29)30/h5-6,8-12,18,20,35H,2-4,7H2,1H3,(H,31,34). The highest BCUT2D eigenvalue weighted by molar-refractivity contribution is 5.96. The molecular formula is C24H22F6N6O. The van der Waals surface area contributed by atoms with Gasteiger partial charge in [-0.3, -0.25) is 0 Å². The first kappa shape index (κ1) is 25.1. The van der Waals surface area contributed by atoms with Crippen LogP contribution in [0.4, 0.5) is 26.3 Å². The van der Waals surface area contributed by atoms with Crippen LogP contribution in [-0.2, 0) is 10.9 Å². The first-order chi connectivity index (χ1) is 17.5. The maximum absolute atomic E-state index is 13.8. The number of dihydropyridines is 1. The van der Waals surface area contributed by atoms with Crippen LogP contribution < -0.4 is 5.32 Å². The summed E-state index contributed by atoms with van der Waals surface area (Å²) >= 11 is 0. The first-order valence-corrected chi connectivity index (χ1v) is 11.5. The number of nitrogens with zero attached hydrogens (tertiary/aromatic N) is 4. The molecule has 2 aliphatic heterocycles. The van der Waals surface area contributed by atoms with E-state index in [1.54, 1.807) is 30.5 Å². The number of methoxy groups -OCH3 is 1. The van der Waals surface area contributed by atoms with Crippen molar-refractivity contribution in [3.05, 3.63) is 60.1 Å². The Labute approximate surface area is 207 Å². The van der Waals surface area contributed by atoms with Gasteiger partial charge in [0.2, 0.25) is 5.82 Å². The van der Waals surface area contributed by atoms with Gasteiger partial charge in [-0.25, -0.2) is 15.0 Å². The van der Waals surface area contributed by atoms with Gasteiger partial charge in [0.25, 0.3) is 0 Å². The molecule has 0 aromatic carbocycles. The number of rotatable bonds is 4. The lowest BCUT2D eigenvalue weighted by molar-refractivity contribution is -0.186. The lowest BCUT2D eigenvalue weighted by atomic mass is 9.98. The molecule has 0 radical (unpaired) electrons. The molecule has 0 amide bonds. The minimum absolute atomic E-state index is 0.00902. The van der Waals surface area contributed by atoms with Crippen molar-refractivity contribution in [1.82, 2.24) is 30.2 Å². The summed E-state index contributed by atoms with van der Waals surface area (Å²) in [6.07, 6.45) is -1.49. The number of aromatic nitrogens is 4. The molecule has 2 unspecified atom stereocenters. The average Bonchev–Trinajstić information content (AvgIpc) is 3.32. The third kappa shape index (κ3) is 4.99. The van der Waals surface area contributed by atoms with Gasteiger partial charge >= 0.3 is 12.4 Å². The molecule has 5 rings (SSSR count). The molecule has 0 aliphatic carbocycles. The quantitative estimate of drug-likeness (QED) is 0.454. The number of fused-ring (bicyclic) bond motifs is 1. The summed E-state index contributed by atoms with van der Waals surface area (Å²) in [7, 11) is 1.45. The molecule has 1 saturated heterocycles. The molecule has 0 bridgehead atoms. The number of ether oxygens (including phenoxy) is 1. The molecule has 37 heavy (non-hydrogen) atoms. The number of likely N-dealkylation sites (tertiary alicyclic amines) is 1. The number of halogens is 6. The summed E-state index contributed by atoms with van der Waals surface area (Å²) in [5.74, 6) is -0.938. The minimum Gasteiger partial charge on any atom is -0.358 e. The number of aromatic amines is 1. The van der Waals surface area contributed by atoms with Gasteiger partial charge in [0.1, 0.15) is 23.7 Å². The van der Waals surface area contributed by atoms with Gasteiger partial charge in [0, 0.05) is 43.2 Å². The lowest BCUT2D eigenvalue weighted by Crippen LogP contribution is -2.52. The van der Waals surface area contributed by atoms with Crippen molar-refractivity contribution in [1.29, 1.82) is 0 Å². The van der Waals surface area contributed by atoms with Crippen molar-refractivity contribution in [2.75, 3.05) is 13.7 Å². The maximum Gasteiger partial charge on any atom is 0.451 e. The van der Waals surface area contributed by atoms with Crippen LogP contribution in [0, 0.1) is 0 Å². The molecule has 196 valence electrons. The fourth-order valence-corrected chi connectivity index (χ4v) is 4.66. The Morgan fingerprint density at radius 1 is 1.05 bits per heavy atom. The summed E-state index contributed by atoms with van der Waals surface area (Å²) < 4.78 is 85.3. The summed E-state index contributed by atoms with van der Waals surface area (Å²) in [5.41, 5.74) is 2.50. The molecular weight excluding hydrogens is 502 g/mol. The Bertz CT molecular complexity index is 1340. The molecule has 1 fully saturated rings. The van der Waals surface area contributed by atoms with Crippen LogP contribution in [-0.4, -0.2) is 56.9 Å². The molecule has 3 aromatic rings. The van der Waals surface area contributed by atoms with E-state index in [4.69, 9.17) is 4.74 Å². The van der Waals surface area contributed by atoms with Crippen LogP contribution in [0.1, 0.15) is 30.7 Å². The smallest absolute Gasteiger partial charge is 0.358 e. The van der Waals surface area contributed by atoms with Gasteiger partial charge in [0.05, 0.1) is 5.69 Å². The summed E-state index contributed by atoms with van der Waals surface area (Å²) in [6, 6.07) is 1.81. The van der Waals surface area contributed by atoms with Crippen molar-refractivity contribution in [2.24, 2.45) is 0 Å². The minimum atomic E-state index is -4.66. The molecule has 2 atom stereocenters. The second-order valence-corrected chi connectivity index (χ2v) is 8.80. The highest BCUT2D eigenvalue weighted by Gasteiger charge is 2.45. The normalized spacial score (nSPS) is 21.0. The van der Waals surface area contributed by atoms with Crippen LogP contribution in [0.3, 0.4) is 0 Å². The number of hydrogen-bond donors (Lipinski definition) is 2. The number of allylic oxidation sites excluding steroid dienone is 2. The topological polar surface area (TPSA) is 79.0 Å². The van der Waals surface area contributed by atoms with Crippen LogP contribution in [0.2, 0.25) is 0 Å². The Morgan fingerprint density at radius 2 is 1.81 bits per heavy atom. The van der Waals surface area contributed by atoms with Crippen molar-refractivity contribution < 1.29 is 31.1 Å². The van der Waals surface area contributed by atoms with Gasteiger partial charge in [-0.2, -0.15) is 26.3 Å². The van der Waals surface area contributed by atoms with Crippen LogP contribution in [0.15, 0.2) is 48.7 Å². The summed E-state index contributed by atoms with van der Waals surface area (Å²) in [4.78, 5) is 15.5. The predicted molar refractivity (Wildman–Crippen MR) is 123 cm³/mol. The predicted octanol–water partition coefficient (Wildman–Crippen LogP) is 5.26. The SMILES string of the molecule is COC1C=C(c2ccnc3[nH]c(-c4cnc(C(F)(F)F)nc4)cc23)C=C(N2CCCCC2C(F)(F)F)N1. The van der Waals surface area contributed by atoms with E-state index in [2.05, 4.69) is 25.3 Å². The van der Waals surface area contributed by atoms with Gasteiger partial charge in [-0.1, -0.05) is 0 Å². The molecule has 3 aromatic heterocycles. The number of nitrogens with one attached hydrogen (secondary N) is 2. The maximum atomic E-state index is 13.8. The van der Waals surface area contributed by atoms with Gasteiger partial charge in [-0.05, 0) is 54.7 Å². The van der Waals surface area contributed by atoms with E-state index in [9.17, 15) is 26.3 Å². The number of piperidine rings is 1. The molecule has 13 heteroatoms. The van der Waals surface area contributed by atoms with E-state index in [0.717, 1.165) is 12.4 Å². The highest BCUT2D eigenvalue weighted by Crippen LogP contribution is 2.37. The highest BCUT2D eigenvalue weighted by atomic mass is 19.4. The molecule has 0 saturated carbocycles. The number of H-pyrrole nitrogens is 1. The molecule has 7 nitrogen and oxygen atoms in total. The second-order valence-electron chi connectivity index (χ2n) is 8.80. The van der Waals surface area contributed by atoms with Crippen LogP contribution in [0.25, 0.3) is 27.9 Å². The molecule has 2 aliphatic rings.